The Hall–Kier alpha value is -1.92. The Morgan fingerprint density at radius 1 is 1.33 bits per heavy atom. The topological polar surface area (TPSA) is 59.0 Å². The molecule has 0 saturated carbocycles. The van der Waals surface area contributed by atoms with Gasteiger partial charge in [0, 0.05) is 38.9 Å². The molecule has 114 valence electrons. The van der Waals surface area contributed by atoms with Crippen LogP contribution < -0.4 is 4.90 Å². The van der Waals surface area contributed by atoms with Crippen molar-refractivity contribution in [3.8, 4) is 0 Å². The average Bonchev–Trinajstić information content (AvgIpc) is 2.87. The molecular weight excluding hydrogens is 277 g/mol. The number of carbonyl (C=O) groups is 1. The molecular formula is C15H18FNO4. The second-order valence-electron chi connectivity index (χ2n) is 4.80. The maximum absolute atomic E-state index is 14.2. The number of halogens is 1. The number of carboxylic acids is 1. The van der Waals surface area contributed by atoms with Gasteiger partial charge in [-0.15, -0.1) is 0 Å². The average molecular weight is 295 g/mol. The molecule has 0 aromatic heterocycles. The summed E-state index contributed by atoms with van der Waals surface area (Å²) in [4.78, 5) is 12.5. The predicted molar refractivity (Wildman–Crippen MR) is 76.9 cm³/mol. The highest BCUT2D eigenvalue weighted by atomic mass is 19.1. The van der Waals surface area contributed by atoms with E-state index in [0.29, 0.717) is 24.3 Å². The molecule has 2 unspecified atom stereocenters. The van der Waals surface area contributed by atoms with Gasteiger partial charge in [0.1, 0.15) is 18.0 Å². The molecule has 0 radical (unpaired) electrons. The van der Waals surface area contributed by atoms with Crippen molar-refractivity contribution in [2.45, 2.75) is 12.2 Å². The van der Waals surface area contributed by atoms with Crippen LogP contribution in [0, 0.1) is 5.82 Å². The van der Waals surface area contributed by atoms with E-state index in [4.69, 9.17) is 14.6 Å². The molecule has 1 aliphatic heterocycles. The Morgan fingerprint density at radius 2 is 1.95 bits per heavy atom. The molecule has 1 saturated heterocycles. The first-order chi connectivity index (χ1) is 10.1. The number of methoxy groups -OCH3 is 2. The smallest absolute Gasteiger partial charge is 0.328 e. The first kappa shape index (κ1) is 15.5. The molecule has 5 nitrogen and oxygen atoms in total. The normalized spacial score (nSPS) is 22.1. The molecule has 1 heterocycles. The zero-order valence-electron chi connectivity index (χ0n) is 12.0. The molecule has 6 heteroatoms. The van der Waals surface area contributed by atoms with Gasteiger partial charge in [0.05, 0.1) is 5.69 Å². The molecule has 1 fully saturated rings. The van der Waals surface area contributed by atoms with Crippen LogP contribution in [0.4, 0.5) is 10.1 Å². The molecule has 1 N–H and O–H groups in total. The molecule has 21 heavy (non-hydrogen) atoms. The van der Waals surface area contributed by atoms with Crippen molar-refractivity contribution < 1.29 is 23.8 Å². The van der Waals surface area contributed by atoms with Crippen molar-refractivity contribution in [3.05, 3.63) is 35.7 Å². The van der Waals surface area contributed by atoms with Gasteiger partial charge < -0.3 is 19.5 Å². The van der Waals surface area contributed by atoms with Crippen LogP contribution in [0.5, 0.6) is 0 Å². The van der Waals surface area contributed by atoms with E-state index in [1.165, 1.54) is 12.1 Å². The third-order valence-corrected chi connectivity index (χ3v) is 3.56. The van der Waals surface area contributed by atoms with Gasteiger partial charge in [-0.3, -0.25) is 0 Å². The summed E-state index contributed by atoms with van der Waals surface area (Å²) < 4.78 is 24.9. The zero-order valence-corrected chi connectivity index (χ0v) is 12.0. The fraction of sp³-hybridized carbons (Fsp3) is 0.400. The maximum Gasteiger partial charge on any atom is 0.328 e. The number of aliphatic carboxylic acids is 1. The fourth-order valence-electron chi connectivity index (χ4n) is 2.54. The highest BCUT2D eigenvalue weighted by molar-refractivity contribution is 5.87. The summed E-state index contributed by atoms with van der Waals surface area (Å²) in [7, 11) is 3.18. The maximum atomic E-state index is 14.2. The van der Waals surface area contributed by atoms with Gasteiger partial charge in [-0.2, -0.15) is 0 Å². The van der Waals surface area contributed by atoms with E-state index in [-0.39, 0.29) is 12.2 Å². The third kappa shape index (κ3) is 3.40. The van der Waals surface area contributed by atoms with Gasteiger partial charge in [-0.1, -0.05) is 12.1 Å². The summed E-state index contributed by atoms with van der Waals surface area (Å²) in [5.41, 5.74) is 0.889. The van der Waals surface area contributed by atoms with Gasteiger partial charge in [-0.25, -0.2) is 9.18 Å². The molecule has 1 aromatic rings. The van der Waals surface area contributed by atoms with Gasteiger partial charge in [0.15, 0.2) is 0 Å². The summed E-state index contributed by atoms with van der Waals surface area (Å²) in [6, 6.07) is 4.59. The number of rotatable bonds is 5. The van der Waals surface area contributed by atoms with Crippen LogP contribution in [0.15, 0.2) is 24.3 Å². The summed E-state index contributed by atoms with van der Waals surface area (Å²) in [5.74, 6) is -1.47. The Balaban J connectivity index is 2.33. The largest absolute Gasteiger partial charge is 0.478 e. The van der Waals surface area contributed by atoms with Crippen LogP contribution >= 0.6 is 0 Å². The first-order valence-corrected chi connectivity index (χ1v) is 6.57. The molecule has 2 rings (SSSR count). The molecule has 0 bridgehead atoms. The van der Waals surface area contributed by atoms with Crippen LogP contribution in [0.2, 0.25) is 0 Å². The van der Waals surface area contributed by atoms with E-state index >= 15 is 0 Å². The molecule has 0 amide bonds. The van der Waals surface area contributed by atoms with E-state index in [1.54, 1.807) is 26.4 Å². The van der Waals surface area contributed by atoms with Gasteiger partial charge in [0.25, 0.3) is 0 Å². The number of para-hydroxylation sites is 1. The number of carboxylic acid groups (broad SMARTS) is 1. The van der Waals surface area contributed by atoms with Crippen molar-refractivity contribution >= 4 is 17.7 Å². The SMILES string of the molecule is COC1CN(c2c(F)cccc2/C=C/C(=O)O)CC1OC. The van der Waals surface area contributed by atoms with E-state index < -0.39 is 11.8 Å². The van der Waals surface area contributed by atoms with Crippen LogP contribution in [0.1, 0.15) is 5.56 Å². The van der Waals surface area contributed by atoms with Crippen LogP contribution in [-0.2, 0) is 14.3 Å². The minimum atomic E-state index is -1.07. The van der Waals surface area contributed by atoms with Gasteiger partial charge >= 0.3 is 5.97 Å². The Kier molecular flexibility index (Phi) is 4.93. The Bertz CT molecular complexity index is 534. The molecule has 0 aliphatic carbocycles. The zero-order chi connectivity index (χ0) is 15.4. The van der Waals surface area contributed by atoms with E-state index in [2.05, 4.69) is 0 Å². The highest BCUT2D eigenvalue weighted by Gasteiger charge is 2.34. The fourth-order valence-corrected chi connectivity index (χ4v) is 2.54. The lowest BCUT2D eigenvalue weighted by Gasteiger charge is -2.21. The van der Waals surface area contributed by atoms with E-state index in [0.717, 1.165) is 6.08 Å². The van der Waals surface area contributed by atoms with Crippen molar-refractivity contribution in [1.82, 2.24) is 0 Å². The molecule has 2 atom stereocenters. The lowest BCUT2D eigenvalue weighted by Crippen LogP contribution is -2.27. The lowest BCUT2D eigenvalue weighted by atomic mass is 10.1. The summed E-state index contributed by atoms with van der Waals surface area (Å²) in [5, 5.41) is 8.73. The minimum absolute atomic E-state index is 0.147. The lowest BCUT2D eigenvalue weighted by molar-refractivity contribution is -0.131. The Labute approximate surface area is 122 Å². The van der Waals surface area contributed by atoms with Crippen molar-refractivity contribution in [2.24, 2.45) is 0 Å². The van der Waals surface area contributed by atoms with E-state index in [1.807, 2.05) is 4.90 Å². The number of nitrogens with zero attached hydrogens (tertiary/aromatic N) is 1. The number of ether oxygens (including phenoxy) is 2. The van der Waals surface area contributed by atoms with Crippen molar-refractivity contribution in [2.75, 3.05) is 32.2 Å². The standard InChI is InChI=1S/C15H18FNO4/c1-20-12-8-17(9-13(12)21-2)15-10(6-7-14(18)19)4-3-5-11(15)16/h3-7,12-13H,8-9H2,1-2H3,(H,18,19)/b7-6+. The quantitative estimate of drug-likeness (QED) is 0.839. The Morgan fingerprint density at radius 3 is 2.48 bits per heavy atom. The third-order valence-electron chi connectivity index (χ3n) is 3.56. The minimum Gasteiger partial charge on any atom is -0.478 e. The van der Waals surface area contributed by atoms with E-state index in [9.17, 15) is 9.18 Å². The van der Waals surface area contributed by atoms with Crippen LogP contribution in [0.3, 0.4) is 0 Å². The van der Waals surface area contributed by atoms with Gasteiger partial charge in [0.2, 0.25) is 0 Å². The number of benzene rings is 1. The number of anilines is 1. The second kappa shape index (κ2) is 6.69. The number of hydrogen-bond donors (Lipinski definition) is 1. The summed E-state index contributed by atoms with van der Waals surface area (Å²) in [6.45, 7) is 0.980. The number of hydrogen-bond acceptors (Lipinski definition) is 4. The predicted octanol–water partition coefficient (Wildman–Crippen LogP) is 1.77. The summed E-state index contributed by atoms with van der Waals surface area (Å²) >= 11 is 0. The van der Waals surface area contributed by atoms with Gasteiger partial charge in [-0.05, 0) is 12.1 Å². The molecule has 1 aliphatic rings. The highest BCUT2D eigenvalue weighted by Crippen LogP contribution is 2.30. The van der Waals surface area contributed by atoms with Crippen molar-refractivity contribution in [3.63, 3.8) is 0 Å². The van der Waals surface area contributed by atoms with Crippen molar-refractivity contribution in [1.29, 1.82) is 0 Å². The van der Waals surface area contributed by atoms with Crippen LogP contribution in [-0.4, -0.2) is 50.6 Å². The molecule has 0 spiro atoms. The summed E-state index contributed by atoms with van der Waals surface area (Å²) in [6.07, 6.45) is 2.09. The molecule has 1 aromatic carbocycles. The second-order valence-corrected chi connectivity index (χ2v) is 4.80. The first-order valence-electron chi connectivity index (χ1n) is 6.57. The monoisotopic (exact) mass is 295 g/mol. The van der Waals surface area contributed by atoms with Crippen LogP contribution in [0.25, 0.3) is 6.08 Å².